The van der Waals surface area contributed by atoms with Crippen LogP contribution in [0.1, 0.15) is 33.1 Å². The molecule has 176 valence electrons. The van der Waals surface area contributed by atoms with E-state index in [0.29, 0.717) is 30.6 Å². The number of amides is 2. The van der Waals surface area contributed by atoms with Crippen molar-refractivity contribution < 1.29 is 19.5 Å². The van der Waals surface area contributed by atoms with Gasteiger partial charge in [0.25, 0.3) is 5.91 Å². The fraction of sp³-hybridized carbons (Fsp3) is 0.520. The number of ketones is 1. The minimum absolute atomic E-state index is 0.0542. The van der Waals surface area contributed by atoms with Gasteiger partial charge in [-0.05, 0) is 17.5 Å². The van der Waals surface area contributed by atoms with E-state index in [1.807, 2.05) is 32.0 Å². The summed E-state index contributed by atoms with van der Waals surface area (Å²) in [7, 11) is 0. The van der Waals surface area contributed by atoms with Crippen LogP contribution in [-0.4, -0.2) is 84.0 Å². The number of imide groups is 1. The number of Topliss-reactive ketones (excluding diaryl/α,β-unsaturated/α-hetero) is 1. The number of allylic oxidation sites excluding steroid dienone is 2. The van der Waals surface area contributed by atoms with Crippen molar-refractivity contribution >= 4 is 29.5 Å². The zero-order valence-electron chi connectivity index (χ0n) is 19.4. The monoisotopic (exact) mass is 452 g/mol. The van der Waals surface area contributed by atoms with E-state index in [1.54, 1.807) is 12.1 Å². The first kappa shape index (κ1) is 23.3. The fourth-order valence-electron chi connectivity index (χ4n) is 4.85. The molecule has 1 atom stereocenters. The summed E-state index contributed by atoms with van der Waals surface area (Å²) in [5.41, 5.74) is 0.765. The second-order valence-corrected chi connectivity index (χ2v) is 9.84. The van der Waals surface area contributed by atoms with Crippen LogP contribution in [0.4, 0.5) is 5.69 Å². The molecule has 2 aliphatic heterocycles. The van der Waals surface area contributed by atoms with Gasteiger partial charge in [-0.3, -0.25) is 29.2 Å². The maximum Gasteiger partial charge on any atom is 0.251 e. The van der Waals surface area contributed by atoms with E-state index in [9.17, 15) is 19.5 Å². The van der Waals surface area contributed by atoms with Crippen LogP contribution in [-0.2, 0) is 14.4 Å². The van der Waals surface area contributed by atoms with Crippen LogP contribution in [0.5, 0.6) is 0 Å². The number of hydrogen-bond acceptors (Lipinski definition) is 7. The predicted octanol–water partition coefficient (Wildman–Crippen LogP) is 2.21. The number of aliphatic hydroxyl groups is 1. The first-order valence-corrected chi connectivity index (χ1v) is 11.6. The number of carbonyl (C=O) groups excluding carboxylic acids is 3. The number of para-hydroxylation sites is 1. The zero-order valence-corrected chi connectivity index (χ0v) is 19.4. The number of benzene rings is 1. The molecule has 2 amide bonds. The van der Waals surface area contributed by atoms with Gasteiger partial charge >= 0.3 is 0 Å². The number of piperazine rings is 1. The molecule has 33 heavy (non-hydrogen) atoms. The Labute approximate surface area is 194 Å². The lowest BCUT2D eigenvalue weighted by Gasteiger charge is -2.36. The number of carbonyl (C=O) groups is 3. The molecule has 0 unspecified atom stereocenters. The molecule has 1 aliphatic carbocycles. The highest BCUT2D eigenvalue weighted by molar-refractivity contribution is 6.22. The molecule has 0 saturated carbocycles. The van der Waals surface area contributed by atoms with Crippen molar-refractivity contribution in [1.82, 2.24) is 9.80 Å². The molecule has 2 fully saturated rings. The fourth-order valence-corrected chi connectivity index (χ4v) is 4.85. The number of hydrogen-bond donors (Lipinski definition) is 1. The molecular formula is C25H32N4O4. The Kier molecular flexibility index (Phi) is 6.76. The summed E-state index contributed by atoms with van der Waals surface area (Å²) in [6.07, 6.45) is 2.65. The molecule has 8 nitrogen and oxygen atoms in total. The molecule has 3 aliphatic rings. The lowest BCUT2D eigenvalue weighted by Crippen LogP contribution is -2.52. The number of aliphatic imine (C=N–C) groups is 1. The second kappa shape index (κ2) is 9.57. The first-order chi connectivity index (χ1) is 15.7. The highest BCUT2D eigenvalue weighted by Crippen LogP contribution is 2.35. The molecule has 0 radical (unpaired) electrons. The lowest BCUT2D eigenvalue weighted by atomic mass is 9.77. The van der Waals surface area contributed by atoms with Gasteiger partial charge in [-0.15, -0.1) is 0 Å². The van der Waals surface area contributed by atoms with Crippen LogP contribution in [0.3, 0.4) is 0 Å². The Morgan fingerprint density at radius 3 is 2.42 bits per heavy atom. The minimum atomic E-state index is -0.394. The van der Waals surface area contributed by atoms with Gasteiger partial charge < -0.3 is 5.11 Å². The number of aliphatic hydroxyl groups excluding tert-OH is 1. The van der Waals surface area contributed by atoms with Gasteiger partial charge in [0.15, 0.2) is 5.78 Å². The maximum absolute atomic E-state index is 12.9. The molecule has 8 heteroatoms. The van der Waals surface area contributed by atoms with E-state index < -0.39 is 6.04 Å². The van der Waals surface area contributed by atoms with Crippen LogP contribution in [0, 0.1) is 5.41 Å². The lowest BCUT2D eigenvalue weighted by molar-refractivity contribution is -0.123. The summed E-state index contributed by atoms with van der Waals surface area (Å²) in [5, 5.41) is 10.2. The van der Waals surface area contributed by atoms with Crippen LogP contribution in [0.2, 0.25) is 0 Å². The minimum Gasteiger partial charge on any atom is -0.511 e. The van der Waals surface area contributed by atoms with Crippen molar-refractivity contribution in [2.45, 2.75) is 39.2 Å². The van der Waals surface area contributed by atoms with Gasteiger partial charge in [0, 0.05) is 51.8 Å². The third-order valence-electron chi connectivity index (χ3n) is 6.65. The summed E-state index contributed by atoms with van der Waals surface area (Å²) in [6, 6.07) is 8.69. The van der Waals surface area contributed by atoms with Crippen LogP contribution >= 0.6 is 0 Å². The van der Waals surface area contributed by atoms with Crippen molar-refractivity contribution in [2.75, 3.05) is 44.2 Å². The number of anilines is 1. The second-order valence-electron chi connectivity index (χ2n) is 9.84. The van der Waals surface area contributed by atoms with Gasteiger partial charge in [-0.2, -0.15) is 0 Å². The Morgan fingerprint density at radius 2 is 1.76 bits per heavy atom. The van der Waals surface area contributed by atoms with Gasteiger partial charge in [0.2, 0.25) is 5.91 Å². The molecule has 2 saturated heterocycles. The summed E-state index contributed by atoms with van der Waals surface area (Å²) in [5.74, 6) is -0.209. The van der Waals surface area contributed by atoms with Crippen LogP contribution < -0.4 is 4.90 Å². The van der Waals surface area contributed by atoms with E-state index in [4.69, 9.17) is 0 Å². The highest BCUT2D eigenvalue weighted by Gasteiger charge is 2.43. The van der Waals surface area contributed by atoms with E-state index in [-0.39, 0.29) is 35.2 Å². The summed E-state index contributed by atoms with van der Waals surface area (Å²) in [4.78, 5) is 47.7. The number of nitrogens with zero attached hydrogens (tertiary/aromatic N) is 4. The first-order valence-electron chi connectivity index (χ1n) is 11.6. The summed E-state index contributed by atoms with van der Waals surface area (Å²) in [6.45, 7) is 8.25. The molecule has 0 bridgehead atoms. The third-order valence-corrected chi connectivity index (χ3v) is 6.65. The van der Waals surface area contributed by atoms with Crippen molar-refractivity contribution in [3.05, 3.63) is 41.7 Å². The predicted molar refractivity (Wildman–Crippen MR) is 126 cm³/mol. The standard InChI is InChI=1S/C25H32N4O4/c1-25(2)15-21(30)19(22(31)16-25)17-26-8-9-27-10-12-28(13-11-27)20-14-23(32)29(24(20)33)18-6-4-3-5-7-18/h3-7,17,20,30H,8-16H2,1-2H3/t20-/m0/s1. The Hall–Kier alpha value is -2.84. The zero-order chi connectivity index (χ0) is 23.6. The van der Waals surface area contributed by atoms with Crippen molar-refractivity contribution in [1.29, 1.82) is 0 Å². The van der Waals surface area contributed by atoms with Crippen LogP contribution in [0.15, 0.2) is 46.7 Å². The van der Waals surface area contributed by atoms with Crippen molar-refractivity contribution in [3.8, 4) is 0 Å². The number of rotatable bonds is 6. The molecule has 0 aromatic heterocycles. The normalized spacial score (nSPS) is 25.0. The molecule has 1 aromatic rings. The van der Waals surface area contributed by atoms with E-state index >= 15 is 0 Å². The SMILES string of the molecule is CC1(C)CC(=O)C(C=NCCN2CCN([C@H]3CC(=O)N(c4ccccc4)C3=O)CC2)=C(O)C1. The molecular weight excluding hydrogens is 420 g/mol. The van der Waals surface area contributed by atoms with Gasteiger partial charge in [0.05, 0.1) is 30.3 Å². The molecule has 2 heterocycles. The maximum atomic E-state index is 12.9. The molecule has 1 N–H and O–H groups in total. The van der Waals surface area contributed by atoms with E-state index in [2.05, 4.69) is 14.8 Å². The smallest absolute Gasteiger partial charge is 0.251 e. The Morgan fingerprint density at radius 1 is 1.06 bits per heavy atom. The Bertz CT molecular complexity index is 977. The molecule has 4 rings (SSSR count). The van der Waals surface area contributed by atoms with Crippen LogP contribution in [0.25, 0.3) is 0 Å². The van der Waals surface area contributed by atoms with Crippen molar-refractivity contribution in [2.24, 2.45) is 10.4 Å². The van der Waals surface area contributed by atoms with E-state index in [0.717, 1.165) is 32.7 Å². The van der Waals surface area contributed by atoms with E-state index in [1.165, 1.54) is 11.1 Å². The largest absolute Gasteiger partial charge is 0.511 e. The molecule has 0 spiro atoms. The summed E-state index contributed by atoms with van der Waals surface area (Å²) >= 11 is 0. The van der Waals surface area contributed by atoms with Crippen molar-refractivity contribution in [3.63, 3.8) is 0 Å². The highest BCUT2D eigenvalue weighted by atomic mass is 16.3. The summed E-state index contributed by atoms with van der Waals surface area (Å²) < 4.78 is 0. The van der Waals surface area contributed by atoms with Gasteiger partial charge in [-0.1, -0.05) is 32.0 Å². The molecule has 1 aromatic carbocycles. The Balaban J connectivity index is 1.25. The van der Waals surface area contributed by atoms with Gasteiger partial charge in [-0.25, -0.2) is 4.90 Å². The third kappa shape index (κ3) is 5.23. The van der Waals surface area contributed by atoms with Gasteiger partial charge in [0.1, 0.15) is 5.76 Å². The quantitative estimate of drug-likeness (QED) is 0.525. The average molecular weight is 453 g/mol. The average Bonchev–Trinajstić information content (AvgIpc) is 3.07. The topological polar surface area (TPSA) is 93.5 Å².